The number of carbonyl (C=O) groups excluding carboxylic acids is 1. The van der Waals surface area contributed by atoms with Gasteiger partial charge in [0.05, 0.1) is 18.8 Å². The number of nitrogens with zero attached hydrogens (tertiary/aromatic N) is 4. The minimum absolute atomic E-state index is 0.138. The monoisotopic (exact) mass is 354 g/mol. The molecule has 134 valence electrons. The smallest absolute Gasteiger partial charge is 0.343 e. The number of benzene rings is 1. The quantitative estimate of drug-likeness (QED) is 0.672. The lowest BCUT2D eigenvalue weighted by Gasteiger charge is -2.26. The maximum absolute atomic E-state index is 13.2. The van der Waals surface area contributed by atoms with E-state index in [4.69, 9.17) is 4.74 Å². The maximum atomic E-state index is 13.2. The third kappa shape index (κ3) is 2.89. The highest BCUT2D eigenvalue weighted by Gasteiger charge is 2.28. The third-order valence-corrected chi connectivity index (χ3v) is 4.65. The lowest BCUT2D eigenvalue weighted by Crippen LogP contribution is -2.24. The van der Waals surface area contributed by atoms with Gasteiger partial charge in [-0.05, 0) is 43.5 Å². The number of ether oxygens (including phenoxy) is 1. The zero-order valence-electron chi connectivity index (χ0n) is 14.4. The van der Waals surface area contributed by atoms with Gasteiger partial charge in [-0.15, -0.1) is 0 Å². The van der Waals surface area contributed by atoms with Crippen LogP contribution in [-0.2, 0) is 4.74 Å². The molecule has 0 N–H and O–H groups in total. The number of carbonyl (C=O) groups is 1. The first-order valence-corrected chi connectivity index (χ1v) is 8.71. The predicted octanol–water partition coefficient (Wildman–Crippen LogP) is 3.39. The zero-order chi connectivity index (χ0) is 18.1. The number of fused-ring (bicyclic) bond motifs is 1. The highest BCUT2D eigenvalue weighted by Crippen LogP contribution is 2.35. The molecule has 0 spiro atoms. The Balaban J connectivity index is 1.70. The molecule has 0 aliphatic carbocycles. The number of aromatic nitrogens is 3. The summed E-state index contributed by atoms with van der Waals surface area (Å²) in [6.45, 7) is 2.92. The van der Waals surface area contributed by atoms with E-state index in [0.29, 0.717) is 17.8 Å². The summed E-state index contributed by atoms with van der Waals surface area (Å²) < 4.78 is 19.9. The van der Waals surface area contributed by atoms with E-state index >= 15 is 0 Å². The van der Waals surface area contributed by atoms with Crippen LogP contribution in [0.3, 0.4) is 0 Å². The summed E-state index contributed by atoms with van der Waals surface area (Å²) in [5.41, 5.74) is 1.89. The molecule has 1 aromatic carbocycles. The van der Waals surface area contributed by atoms with E-state index in [0.717, 1.165) is 30.8 Å². The van der Waals surface area contributed by atoms with Crippen LogP contribution >= 0.6 is 0 Å². The lowest BCUT2D eigenvalue weighted by atomic mass is 10.0. The molecule has 7 heteroatoms. The highest BCUT2D eigenvalue weighted by atomic mass is 19.1. The number of halogens is 1. The average Bonchev–Trinajstić information content (AvgIpc) is 3.29. The van der Waals surface area contributed by atoms with E-state index < -0.39 is 5.97 Å². The molecule has 0 saturated carbocycles. The van der Waals surface area contributed by atoms with Crippen LogP contribution < -0.4 is 4.90 Å². The zero-order valence-corrected chi connectivity index (χ0v) is 14.4. The van der Waals surface area contributed by atoms with Crippen molar-refractivity contribution in [3.05, 3.63) is 59.7 Å². The van der Waals surface area contributed by atoms with E-state index in [2.05, 4.69) is 15.0 Å². The Morgan fingerprint density at radius 1 is 1.31 bits per heavy atom. The summed E-state index contributed by atoms with van der Waals surface area (Å²) >= 11 is 0. The SMILES string of the molecule is CCOC(=O)c1cnn2ccc(N3CCC[C@@H]3c3ccc(F)cc3)nc12. The van der Waals surface area contributed by atoms with Gasteiger partial charge in [-0.25, -0.2) is 18.7 Å². The van der Waals surface area contributed by atoms with Gasteiger partial charge in [0.2, 0.25) is 0 Å². The van der Waals surface area contributed by atoms with Crippen molar-refractivity contribution >= 4 is 17.4 Å². The molecule has 4 rings (SSSR count). The first-order valence-electron chi connectivity index (χ1n) is 8.71. The van der Waals surface area contributed by atoms with Crippen LogP contribution in [0.5, 0.6) is 0 Å². The Bertz CT molecular complexity index is 938. The standard InChI is InChI=1S/C19H19FN4O2/c1-2-26-19(25)15-12-21-24-11-9-17(22-18(15)24)23-10-3-4-16(23)13-5-7-14(20)8-6-13/h5-9,11-12,16H,2-4,10H2,1H3/t16-/m1/s1. The van der Waals surface area contributed by atoms with Crippen molar-refractivity contribution in [1.29, 1.82) is 0 Å². The normalized spacial score (nSPS) is 17.0. The molecule has 1 fully saturated rings. The van der Waals surface area contributed by atoms with Crippen molar-refractivity contribution in [3.63, 3.8) is 0 Å². The van der Waals surface area contributed by atoms with Crippen molar-refractivity contribution in [1.82, 2.24) is 14.6 Å². The van der Waals surface area contributed by atoms with E-state index in [1.165, 1.54) is 18.3 Å². The van der Waals surface area contributed by atoms with Gasteiger partial charge in [-0.1, -0.05) is 12.1 Å². The minimum atomic E-state index is -0.427. The highest BCUT2D eigenvalue weighted by molar-refractivity contribution is 5.95. The van der Waals surface area contributed by atoms with Crippen LogP contribution in [0.4, 0.5) is 10.2 Å². The summed E-state index contributed by atoms with van der Waals surface area (Å²) in [5.74, 6) is 0.107. The molecule has 0 bridgehead atoms. The fourth-order valence-corrected chi connectivity index (χ4v) is 3.44. The molecule has 0 amide bonds. The number of anilines is 1. The largest absolute Gasteiger partial charge is 0.462 e. The Morgan fingerprint density at radius 3 is 2.88 bits per heavy atom. The molecule has 1 aliphatic rings. The van der Waals surface area contributed by atoms with Crippen molar-refractivity contribution < 1.29 is 13.9 Å². The minimum Gasteiger partial charge on any atom is -0.462 e. The van der Waals surface area contributed by atoms with Crippen molar-refractivity contribution in [2.24, 2.45) is 0 Å². The van der Waals surface area contributed by atoms with Crippen LogP contribution in [0, 0.1) is 5.82 Å². The maximum Gasteiger partial charge on any atom is 0.343 e. The van der Waals surface area contributed by atoms with Crippen molar-refractivity contribution in [2.75, 3.05) is 18.1 Å². The van der Waals surface area contributed by atoms with Crippen LogP contribution in [0.2, 0.25) is 0 Å². The molecule has 1 saturated heterocycles. The Hall–Kier alpha value is -2.96. The number of esters is 1. The van der Waals surface area contributed by atoms with Crippen molar-refractivity contribution in [2.45, 2.75) is 25.8 Å². The molecule has 0 unspecified atom stereocenters. The molecule has 1 aliphatic heterocycles. The summed E-state index contributed by atoms with van der Waals surface area (Å²) in [6.07, 6.45) is 5.27. The topological polar surface area (TPSA) is 59.7 Å². The Morgan fingerprint density at radius 2 is 2.12 bits per heavy atom. The average molecular weight is 354 g/mol. The van der Waals surface area contributed by atoms with E-state index in [9.17, 15) is 9.18 Å². The number of hydrogen-bond donors (Lipinski definition) is 0. The molecular formula is C19H19FN4O2. The Labute approximate surface area is 150 Å². The van der Waals surface area contributed by atoms with Crippen LogP contribution in [-0.4, -0.2) is 33.7 Å². The second-order valence-corrected chi connectivity index (χ2v) is 6.24. The summed E-state index contributed by atoms with van der Waals surface area (Å²) in [5, 5.41) is 4.17. The van der Waals surface area contributed by atoms with Gasteiger partial charge < -0.3 is 9.64 Å². The fourth-order valence-electron chi connectivity index (χ4n) is 3.44. The first kappa shape index (κ1) is 16.5. The Kier molecular flexibility index (Phi) is 4.28. The molecule has 3 heterocycles. The molecule has 0 radical (unpaired) electrons. The van der Waals surface area contributed by atoms with Crippen LogP contribution in [0.15, 0.2) is 42.7 Å². The number of hydrogen-bond acceptors (Lipinski definition) is 5. The van der Waals surface area contributed by atoms with Gasteiger partial charge in [-0.3, -0.25) is 0 Å². The molecule has 6 nitrogen and oxygen atoms in total. The van der Waals surface area contributed by atoms with E-state index in [1.54, 1.807) is 17.6 Å². The predicted molar refractivity (Wildman–Crippen MR) is 94.7 cm³/mol. The second kappa shape index (κ2) is 6.74. The second-order valence-electron chi connectivity index (χ2n) is 6.24. The molecule has 1 atom stereocenters. The van der Waals surface area contributed by atoms with Gasteiger partial charge in [-0.2, -0.15) is 5.10 Å². The van der Waals surface area contributed by atoms with E-state index in [-0.39, 0.29) is 11.9 Å². The van der Waals surface area contributed by atoms with Gasteiger partial charge >= 0.3 is 5.97 Å². The lowest BCUT2D eigenvalue weighted by molar-refractivity contribution is 0.0528. The van der Waals surface area contributed by atoms with Gasteiger partial charge in [0.25, 0.3) is 0 Å². The number of rotatable bonds is 4. The molecule has 26 heavy (non-hydrogen) atoms. The van der Waals surface area contributed by atoms with Gasteiger partial charge in [0.15, 0.2) is 5.65 Å². The van der Waals surface area contributed by atoms with Crippen LogP contribution in [0.1, 0.15) is 41.7 Å². The molecule has 2 aromatic heterocycles. The van der Waals surface area contributed by atoms with Crippen molar-refractivity contribution in [3.8, 4) is 0 Å². The molecule has 3 aromatic rings. The third-order valence-electron chi connectivity index (χ3n) is 4.65. The van der Waals surface area contributed by atoms with E-state index in [1.807, 2.05) is 18.2 Å². The summed E-state index contributed by atoms with van der Waals surface area (Å²) in [6, 6.07) is 8.63. The first-order chi connectivity index (χ1) is 12.7. The van der Waals surface area contributed by atoms with Gasteiger partial charge in [0, 0.05) is 12.7 Å². The van der Waals surface area contributed by atoms with Crippen LogP contribution in [0.25, 0.3) is 5.65 Å². The summed E-state index contributed by atoms with van der Waals surface area (Å²) in [4.78, 5) is 19.0. The molecular weight excluding hydrogens is 335 g/mol. The summed E-state index contributed by atoms with van der Waals surface area (Å²) in [7, 11) is 0. The van der Waals surface area contributed by atoms with Gasteiger partial charge in [0.1, 0.15) is 17.2 Å². The fraction of sp³-hybridized carbons (Fsp3) is 0.316.